The quantitative estimate of drug-likeness (QED) is 0.783. The zero-order valence-corrected chi connectivity index (χ0v) is 13.1. The van der Waals surface area contributed by atoms with E-state index >= 15 is 0 Å². The number of benzene rings is 1. The van der Waals surface area contributed by atoms with Gasteiger partial charge < -0.3 is 0 Å². The van der Waals surface area contributed by atoms with Crippen LogP contribution in [0.3, 0.4) is 0 Å². The molecular formula is C12H19N3O4S2. The maximum atomic E-state index is 12.5. The summed E-state index contributed by atoms with van der Waals surface area (Å²) < 4.78 is 50.4. The molecule has 1 aromatic rings. The highest BCUT2D eigenvalue weighted by Gasteiger charge is 2.30. The molecule has 118 valence electrons. The third-order valence-corrected chi connectivity index (χ3v) is 5.88. The normalized spacial score (nSPS) is 21.3. The summed E-state index contributed by atoms with van der Waals surface area (Å²) in [5, 5.41) is 4.89. The molecule has 0 spiro atoms. The van der Waals surface area contributed by atoms with E-state index in [1.807, 2.05) is 0 Å². The Morgan fingerprint density at radius 3 is 2.48 bits per heavy atom. The molecule has 0 amide bonds. The summed E-state index contributed by atoms with van der Waals surface area (Å²) in [6, 6.07) is 8.23. The molecule has 0 aliphatic carbocycles. The lowest BCUT2D eigenvalue weighted by molar-refractivity contribution is 0.267. The number of rotatable bonds is 5. The Balaban J connectivity index is 2.07. The highest BCUT2D eigenvalue weighted by molar-refractivity contribution is 7.89. The molecule has 2 rings (SSSR count). The van der Waals surface area contributed by atoms with E-state index in [-0.39, 0.29) is 17.4 Å². The first-order valence-corrected chi connectivity index (χ1v) is 9.60. The van der Waals surface area contributed by atoms with Gasteiger partial charge in [0.05, 0.1) is 4.90 Å². The number of hydrogen-bond donors (Lipinski definition) is 2. The van der Waals surface area contributed by atoms with Crippen LogP contribution in [0, 0.1) is 5.92 Å². The molecule has 9 heteroatoms. The fraction of sp³-hybridized carbons (Fsp3) is 0.500. The van der Waals surface area contributed by atoms with Crippen molar-refractivity contribution in [2.45, 2.75) is 17.7 Å². The lowest BCUT2D eigenvalue weighted by Crippen LogP contribution is -2.44. The van der Waals surface area contributed by atoms with Crippen LogP contribution in [-0.4, -0.2) is 40.8 Å². The van der Waals surface area contributed by atoms with Gasteiger partial charge in [-0.05, 0) is 30.9 Å². The van der Waals surface area contributed by atoms with Crippen molar-refractivity contribution in [3.05, 3.63) is 30.3 Å². The molecular weight excluding hydrogens is 314 g/mol. The van der Waals surface area contributed by atoms with Gasteiger partial charge in [0.1, 0.15) is 0 Å². The van der Waals surface area contributed by atoms with Crippen LogP contribution in [0.2, 0.25) is 0 Å². The van der Waals surface area contributed by atoms with Crippen molar-refractivity contribution in [1.29, 1.82) is 0 Å². The Hall–Kier alpha value is -1.00. The van der Waals surface area contributed by atoms with Crippen molar-refractivity contribution in [2.75, 3.05) is 19.6 Å². The smallest absolute Gasteiger partial charge is 0.216 e. The zero-order valence-electron chi connectivity index (χ0n) is 11.5. The molecule has 0 bridgehead atoms. The van der Waals surface area contributed by atoms with Gasteiger partial charge in [-0.2, -0.15) is 12.7 Å². The Bertz CT molecular complexity index is 674. The standard InChI is InChI=1S/C12H19N3O4S2/c13-21(18,19)14-9-11-5-4-8-15(10-11)20(16,17)12-6-2-1-3-7-12/h1-3,6-7,11,14H,4-5,8-10H2,(H2,13,18,19). The third kappa shape index (κ3) is 4.48. The highest BCUT2D eigenvalue weighted by Crippen LogP contribution is 2.23. The molecule has 1 atom stereocenters. The fourth-order valence-electron chi connectivity index (χ4n) is 2.39. The minimum absolute atomic E-state index is 0.0736. The zero-order chi connectivity index (χ0) is 15.5. The molecule has 1 aliphatic heterocycles. The fourth-order valence-corrected chi connectivity index (χ4v) is 4.43. The average Bonchev–Trinajstić information content (AvgIpc) is 2.46. The van der Waals surface area contributed by atoms with Crippen molar-refractivity contribution < 1.29 is 16.8 Å². The number of hydrogen-bond acceptors (Lipinski definition) is 4. The minimum atomic E-state index is -3.75. The average molecular weight is 333 g/mol. The maximum Gasteiger partial charge on any atom is 0.274 e. The van der Waals surface area contributed by atoms with Crippen molar-refractivity contribution in [2.24, 2.45) is 11.1 Å². The van der Waals surface area contributed by atoms with Gasteiger partial charge in [-0.15, -0.1) is 0 Å². The van der Waals surface area contributed by atoms with Crippen LogP contribution in [0.1, 0.15) is 12.8 Å². The van der Waals surface area contributed by atoms with E-state index in [2.05, 4.69) is 4.72 Å². The number of nitrogens with zero attached hydrogens (tertiary/aromatic N) is 1. The predicted octanol–water partition coefficient (Wildman–Crippen LogP) is -0.120. The van der Waals surface area contributed by atoms with Crippen LogP contribution in [0.15, 0.2) is 35.2 Å². The first-order chi connectivity index (χ1) is 9.79. The van der Waals surface area contributed by atoms with Gasteiger partial charge in [0.25, 0.3) is 10.2 Å². The number of piperidine rings is 1. The van der Waals surface area contributed by atoms with E-state index in [0.29, 0.717) is 19.5 Å². The Morgan fingerprint density at radius 2 is 1.86 bits per heavy atom. The van der Waals surface area contributed by atoms with Crippen molar-refractivity contribution in [1.82, 2.24) is 9.03 Å². The molecule has 0 saturated carbocycles. The summed E-state index contributed by atoms with van der Waals surface area (Å²) >= 11 is 0. The molecule has 1 heterocycles. The Labute approximate surface area is 125 Å². The van der Waals surface area contributed by atoms with Crippen molar-refractivity contribution in [3.8, 4) is 0 Å². The predicted molar refractivity (Wildman–Crippen MR) is 79.0 cm³/mol. The van der Waals surface area contributed by atoms with Crippen LogP contribution in [0.25, 0.3) is 0 Å². The second-order valence-corrected chi connectivity index (χ2v) is 8.39. The van der Waals surface area contributed by atoms with E-state index < -0.39 is 20.2 Å². The van der Waals surface area contributed by atoms with Gasteiger partial charge in [-0.3, -0.25) is 0 Å². The lowest BCUT2D eigenvalue weighted by atomic mass is 10.0. The molecule has 7 nitrogen and oxygen atoms in total. The van der Waals surface area contributed by atoms with E-state index in [1.165, 1.54) is 4.31 Å². The van der Waals surface area contributed by atoms with E-state index in [4.69, 9.17) is 5.14 Å². The summed E-state index contributed by atoms with van der Waals surface area (Å²) in [5.74, 6) is -0.0736. The molecule has 1 saturated heterocycles. The van der Waals surface area contributed by atoms with Gasteiger partial charge in [-0.25, -0.2) is 18.3 Å². The maximum absolute atomic E-state index is 12.5. The van der Waals surface area contributed by atoms with E-state index in [9.17, 15) is 16.8 Å². The van der Waals surface area contributed by atoms with Gasteiger partial charge in [0, 0.05) is 19.6 Å². The van der Waals surface area contributed by atoms with Crippen LogP contribution < -0.4 is 9.86 Å². The van der Waals surface area contributed by atoms with Gasteiger partial charge >= 0.3 is 0 Å². The Kier molecular flexibility index (Phi) is 4.99. The summed E-state index contributed by atoms with van der Waals surface area (Å²) in [6.45, 7) is 0.891. The molecule has 1 fully saturated rings. The number of nitrogens with one attached hydrogen (secondary N) is 1. The first kappa shape index (κ1) is 16.4. The summed E-state index contributed by atoms with van der Waals surface area (Å²) in [5.41, 5.74) is 0. The molecule has 1 unspecified atom stereocenters. The molecule has 0 radical (unpaired) electrons. The molecule has 3 N–H and O–H groups in total. The van der Waals surface area contributed by atoms with Gasteiger partial charge in [0.2, 0.25) is 10.0 Å². The third-order valence-electron chi connectivity index (χ3n) is 3.44. The largest absolute Gasteiger partial charge is 0.274 e. The SMILES string of the molecule is NS(=O)(=O)NCC1CCCN(S(=O)(=O)c2ccccc2)C1. The number of nitrogens with two attached hydrogens (primary N) is 1. The van der Waals surface area contributed by atoms with Gasteiger partial charge in [-0.1, -0.05) is 18.2 Å². The summed E-state index contributed by atoms with van der Waals surface area (Å²) in [4.78, 5) is 0.255. The molecule has 21 heavy (non-hydrogen) atoms. The van der Waals surface area contributed by atoms with Crippen LogP contribution in [-0.2, 0) is 20.2 Å². The monoisotopic (exact) mass is 333 g/mol. The topological polar surface area (TPSA) is 110 Å². The Morgan fingerprint density at radius 1 is 1.19 bits per heavy atom. The molecule has 1 aromatic carbocycles. The summed E-state index contributed by atoms with van der Waals surface area (Å²) in [7, 11) is -7.27. The molecule has 0 aromatic heterocycles. The minimum Gasteiger partial charge on any atom is -0.216 e. The van der Waals surface area contributed by atoms with Gasteiger partial charge in [0.15, 0.2) is 0 Å². The second-order valence-electron chi connectivity index (χ2n) is 5.08. The highest BCUT2D eigenvalue weighted by atomic mass is 32.2. The van der Waals surface area contributed by atoms with Crippen LogP contribution in [0.4, 0.5) is 0 Å². The molecule has 1 aliphatic rings. The summed E-state index contributed by atoms with van der Waals surface area (Å²) in [6.07, 6.45) is 1.46. The van der Waals surface area contributed by atoms with Crippen LogP contribution in [0.5, 0.6) is 0 Å². The lowest BCUT2D eigenvalue weighted by Gasteiger charge is -2.31. The van der Waals surface area contributed by atoms with Crippen LogP contribution >= 0.6 is 0 Å². The van der Waals surface area contributed by atoms with Crippen molar-refractivity contribution in [3.63, 3.8) is 0 Å². The number of sulfonamides is 1. The van der Waals surface area contributed by atoms with Crippen molar-refractivity contribution >= 4 is 20.2 Å². The first-order valence-electron chi connectivity index (χ1n) is 6.61. The second kappa shape index (κ2) is 6.41. The van der Waals surface area contributed by atoms with E-state index in [1.54, 1.807) is 30.3 Å². The van der Waals surface area contributed by atoms with E-state index in [0.717, 1.165) is 6.42 Å².